The van der Waals surface area contributed by atoms with Crippen LogP contribution in [-0.4, -0.2) is 53.3 Å². The first-order valence-electron chi connectivity index (χ1n) is 7.73. The summed E-state index contributed by atoms with van der Waals surface area (Å²) in [5, 5.41) is 0. The third kappa shape index (κ3) is 3.53. The number of hydrogen-bond donors (Lipinski definition) is 1. The van der Waals surface area contributed by atoms with E-state index >= 15 is 0 Å². The first kappa shape index (κ1) is 15.8. The molecule has 0 aliphatic carbocycles. The van der Waals surface area contributed by atoms with Crippen molar-refractivity contribution in [3.8, 4) is 0 Å². The van der Waals surface area contributed by atoms with Gasteiger partial charge in [-0.1, -0.05) is 6.92 Å². The Morgan fingerprint density at radius 3 is 2.57 bits per heavy atom. The number of rotatable bonds is 5. The van der Waals surface area contributed by atoms with Crippen molar-refractivity contribution in [3.63, 3.8) is 0 Å². The maximum absolute atomic E-state index is 5.89. The smallest absolute Gasteiger partial charge is 0.232 e. The van der Waals surface area contributed by atoms with Gasteiger partial charge >= 0.3 is 0 Å². The fourth-order valence-electron chi connectivity index (χ4n) is 2.57. The molecule has 2 unspecified atom stereocenters. The highest BCUT2D eigenvalue weighted by molar-refractivity contribution is 5.44. The van der Waals surface area contributed by atoms with Crippen LogP contribution in [0, 0.1) is 0 Å². The molecule has 2 atom stereocenters. The van der Waals surface area contributed by atoms with Gasteiger partial charge in [0.1, 0.15) is 0 Å². The van der Waals surface area contributed by atoms with Gasteiger partial charge in [0, 0.05) is 19.6 Å². The molecule has 0 amide bonds. The first-order valence-corrected chi connectivity index (χ1v) is 7.73. The van der Waals surface area contributed by atoms with Crippen LogP contribution in [0.4, 0.5) is 17.8 Å². The van der Waals surface area contributed by atoms with Crippen molar-refractivity contribution < 1.29 is 4.74 Å². The number of anilines is 3. The molecule has 0 bridgehead atoms. The van der Waals surface area contributed by atoms with Crippen LogP contribution >= 0.6 is 0 Å². The van der Waals surface area contributed by atoms with Crippen LogP contribution in [0.3, 0.4) is 0 Å². The number of aromatic nitrogens is 3. The molecule has 0 saturated carbocycles. The van der Waals surface area contributed by atoms with Crippen LogP contribution in [0.2, 0.25) is 0 Å². The quantitative estimate of drug-likeness (QED) is 0.876. The Bertz CT molecular complexity index is 465. The van der Waals surface area contributed by atoms with Crippen LogP contribution < -0.4 is 15.5 Å². The van der Waals surface area contributed by atoms with Crippen molar-refractivity contribution in [1.82, 2.24) is 15.0 Å². The molecule has 1 saturated heterocycles. The van der Waals surface area contributed by atoms with Gasteiger partial charge in [0.2, 0.25) is 17.8 Å². The van der Waals surface area contributed by atoms with Crippen molar-refractivity contribution in [2.75, 3.05) is 41.8 Å². The molecule has 1 fully saturated rings. The van der Waals surface area contributed by atoms with Gasteiger partial charge < -0.3 is 20.3 Å². The molecule has 1 aromatic heterocycles. The fourth-order valence-corrected chi connectivity index (χ4v) is 2.57. The molecule has 0 aromatic carbocycles. The molecular weight excluding hydrogens is 268 g/mol. The van der Waals surface area contributed by atoms with E-state index in [1.807, 2.05) is 0 Å². The van der Waals surface area contributed by atoms with E-state index in [4.69, 9.17) is 10.5 Å². The van der Waals surface area contributed by atoms with E-state index in [-0.39, 0.29) is 18.1 Å². The van der Waals surface area contributed by atoms with Crippen molar-refractivity contribution in [2.45, 2.75) is 46.3 Å². The number of nitrogens with zero attached hydrogens (tertiary/aromatic N) is 5. The summed E-state index contributed by atoms with van der Waals surface area (Å²) in [6, 6.07) is 0.285. The minimum Gasteiger partial charge on any atom is -0.375 e. The van der Waals surface area contributed by atoms with E-state index in [1.54, 1.807) is 0 Å². The summed E-state index contributed by atoms with van der Waals surface area (Å²) in [5.41, 5.74) is 5.89. The highest BCUT2D eigenvalue weighted by Crippen LogP contribution is 2.22. The molecule has 2 rings (SSSR count). The van der Waals surface area contributed by atoms with Gasteiger partial charge in [-0.2, -0.15) is 15.0 Å². The topological polar surface area (TPSA) is 80.4 Å². The van der Waals surface area contributed by atoms with E-state index in [2.05, 4.69) is 52.4 Å². The molecule has 0 spiro atoms. The Hall–Kier alpha value is -1.63. The van der Waals surface area contributed by atoms with Gasteiger partial charge in [0.15, 0.2) is 0 Å². The number of ether oxygens (including phenoxy) is 1. The molecule has 7 nitrogen and oxygen atoms in total. The maximum atomic E-state index is 5.89. The third-order valence-electron chi connectivity index (χ3n) is 3.87. The molecule has 2 N–H and O–H groups in total. The standard InChI is InChI=1S/C14H26N6O/c1-5-11-9-21-10(4)8-20(11)14-17-12(15)16-13(18-14)19(6-2)7-3/h10-11H,5-9H2,1-4H3,(H2,15,16,17,18). The summed E-state index contributed by atoms with van der Waals surface area (Å²) in [7, 11) is 0. The summed E-state index contributed by atoms with van der Waals surface area (Å²) in [5.74, 6) is 1.58. The Morgan fingerprint density at radius 1 is 1.24 bits per heavy atom. The van der Waals surface area contributed by atoms with E-state index in [1.165, 1.54) is 0 Å². The molecule has 2 heterocycles. The van der Waals surface area contributed by atoms with Crippen molar-refractivity contribution in [3.05, 3.63) is 0 Å². The summed E-state index contributed by atoms with van der Waals surface area (Å²) in [6.07, 6.45) is 1.15. The number of hydrogen-bond acceptors (Lipinski definition) is 7. The Balaban J connectivity index is 2.33. The number of morpholine rings is 1. The predicted octanol–water partition coefficient (Wildman–Crippen LogP) is 1.30. The summed E-state index contributed by atoms with van der Waals surface area (Å²) in [4.78, 5) is 17.5. The second-order valence-corrected chi connectivity index (χ2v) is 5.32. The highest BCUT2D eigenvalue weighted by atomic mass is 16.5. The van der Waals surface area contributed by atoms with Crippen LogP contribution in [0.1, 0.15) is 34.1 Å². The van der Waals surface area contributed by atoms with E-state index in [0.29, 0.717) is 18.5 Å². The van der Waals surface area contributed by atoms with Crippen molar-refractivity contribution in [2.24, 2.45) is 0 Å². The minimum atomic E-state index is 0.169. The lowest BCUT2D eigenvalue weighted by Crippen LogP contribution is -2.49. The average Bonchev–Trinajstić information content (AvgIpc) is 2.48. The van der Waals surface area contributed by atoms with Crippen LogP contribution in [-0.2, 0) is 4.74 Å². The Labute approximate surface area is 126 Å². The fraction of sp³-hybridized carbons (Fsp3) is 0.786. The van der Waals surface area contributed by atoms with E-state index in [9.17, 15) is 0 Å². The van der Waals surface area contributed by atoms with Gasteiger partial charge in [0.25, 0.3) is 0 Å². The zero-order valence-electron chi connectivity index (χ0n) is 13.4. The average molecular weight is 294 g/mol. The molecule has 21 heavy (non-hydrogen) atoms. The van der Waals surface area contributed by atoms with Gasteiger partial charge in [-0.3, -0.25) is 0 Å². The predicted molar refractivity (Wildman–Crippen MR) is 84.6 cm³/mol. The summed E-state index contributed by atoms with van der Waals surface area (Å²) >= 11 is 0. The Morgan fingerprint density at radius 2 is 1.95 bits per heavy atom. The minimum absolute atomic E-state index is 0.169. The molecule has 0 radical (unpaired) electrons. The van der Waals surface area contributed by atoms with Crippen LogP contribution in [0.5, 0.6) is 0 Å². The van der Waals surface area contributed by atoms with Crippen LogP contribution in [0.15, 0.2) is 0 Å². The second-order valence-electron chi connectivity index (χ2n) is 5.32. The lowest BCUT2D eigenvalue weighted by molar-refractivity contribution is 0.0292. The highest BCUT2D eigenvalue weighted by Gasteiger charge is 2.28. The monoisotopic (exact) mass is 294 g/mol. The zero-order valence-corrected chi connectivity index (χ0v) is 13.4. The normalized spacial score (nSPS) is 22.4. The summed E-state index contributed by atoms with van der Waals surface area (Å²) < 4.78 is 5.73. The number of nitrogens with two attached hydrogens (primary N) is 1. The largest absolute Gasteiger partial charge is 0.375 e. The second kappa shape index (κ2) is 6.89. The zero-order chi connectivity index (χ0) is 15.4. The van der Waals surface area contributed by atoms with Crippen molar-refractivity contribution >= 4 is 17.8 Å². The Kier molecular flexibility index (Phi) is 5.17. The lowest BCUT2D eigenvalue weighted by Gasteiger charge is -2.38. The maximum Gasteiger partial charge on any atom is 0.232 e. The van der Waals surface area contributed by atoms with Gasteiger partial charge in [-0.15, -0.1) is 0 Å². The van der Waals surface area contributed by atoms with Gasteiger partial charge in [-0.25, -0.2) is 0 Å². The molecule has 1 aromatic rings. The van der Waals surface area contributed by atoms with Gasteiger partial charge in [-0.05, 0) is 27.2 Å². The third-order valence-corrected chi connectivity index (χ3v) is 3.87. The molecule has 118 valence electrons. The van der Waals surface area contributed by atoms with Gasteiger partial charge in [0.05, 0.1) is 18.8 Å². The summed E-state index contributed by atoms with van der Waals surface area (Å²) in [6.45, 7) is 11.5. The SMILES string of the molecule is CCC1COC(C)CN1c1nc(N)nc(N(CC)CC)n1. The van der Waals surface area contributed by atoms with Crippen molar-refractivity contribution in [1.29, 1.82) is 0 Å². The van der Waals surface area contributed by atoms with Crippen LogP contribution in [0.25, 0.3) is 0 Å². The van der Waals surface area contributed by atoms with E-state index < -0.39 is 0 Å². The lowest BCUT2D eigenvalue weighted by atomic mass is 10.1. The molecular formula is C14H26N6O. The molecule has 1 aliphatic rings. The van der Waals surface area contributed by atoms with E-state index in [0.717, 1.165) is 26.1 Å². The first-order chi connectivity index (χ1) is 10.1. The number of nitrogen functional groups attached to an aromatic ring is 1. The molecule has 7 heteroatoms. The molecule has 1 aliphatic heterocycles.